The lowest BCUT2D eigenvalue weighted by Gasteiger charge is -2.29. The molecule has 1 aromatic heterocycles. The molecule has 7 nitrogen and oxygen atoms in total. The van der Waals surface area contributed by atoms with Crippen molar-refractivity contribution in [2.45, 2.75) is 24.3 Å². The zero-order valence-corrected chi connectivity index (χ0v) is 18.2. The summed E-state index contributed by atoms with van der Waals surface area (Å²) in [7, 11) is -3.87. The Hall–Kier alpha value is -3.28. The number of anilines is 2. The highest BCUT2D eigenvalue weighted by atomic mass is 35.5. The zero-order chi connectivity index (χ0) is 22.6. The average Bonchev–Trinajstić information content (AvgIpc) is 2.72. The van der Waals surface area contributed by atoms with Gasteiger partial charge in [-0.3, -0.25) is 9.52 Å². The molecular formula is C22H20ClN3O4S. The Balaban J connectivity index is 2.06. The predicted molar refractivity (Wildman–Crippen MR) is 122 cm³/mol. The largest absolute Gasteiger partial charge is 0.481 e. The van der Waals surface area contributed by atoms with Gasteiger partial charge in [0.25, 0.3) is 10.0 Å². The molecule has 2 aromatic carbocycles. The van der Waals surface area contributed by atoms with E-state index in [0.717, 1.165) is 0 Å². The number of hydrogen-bond acceptors (Lipinski definition) is 5. The quantitative estimate of drug-likeness (QED) is 0.496. The summed E-state index contributed by atoms with van der Waals surface area (Å²) in [6.07, 6.45) is 6.78. The minimum Gasteiger partial charge on any atom is -0.481 e. The molecule has 2 N–H and O–H groups in total. The number of hydrogen-bond donors (Lipinski definition) is 2. The van der Waals surface area contributed by atoms with Crippen LogP contribution < -0.4 is 9.62 Å². The Morgan fingerprint density at radius 1 is 1.23 bits per heavy atom. The van der Waals surface area contributed by atoms with Gasteiger partial charge in [0, 0.05) is 21.8 Å². The van der Waals surface area contributed by atoms with Crippen LogP contribution in [0.4, 0.5) is 11.5 Å². The van der Waals surface area contributed by atoms with Crippen LogP contribution in [-0.2, 0) is 14.8 Å². The molecule has 0 aliphatic rings. The minimum absolute atomic E-state index is 0.0640. The fourth-order valence-electron chi connectivity index (χ4n) is 3.21. The number of halogens is 1. The third-order valence-corrected chi connectivity index (χ3v) is 6.31. The monoisotopic (exact) mass is 457 g/mol. The van der Waals surface area contributed by atoms with E-state index in [0.29, 0.717) is 27.3 Å². The summed E-state index contributed by atoms with van der Waals surface area (Å²) in [5, 5.41) is 10.9. The third-order valence-electron chi connectivity index (χ3n) is 4.68. The van der Waals surface area contributed by atoms with Gasteiger partial charge in [0.2, 0.25) is 0 Å². The Morgan fingerprint density at radius 2 is 1.87 bits per heavy atom. The number of carboxylic acids is 1. The van der Waals surface area contributed by atoms with Crippen molar-refractivity contribution in [3.63, 3.8) is 0 Å². The minimum atomic E-state index is -3.87. The molecule has 0 spiro atoms. The average molecular weight is 458 g/mol. The Bertz CT molecular complexity index is 1250. The maximum absolute atomic E-state index is 12.8. The molecule has 0 fully saturated rings. The summed E-state index contributed by atoms with van der Waals surface area (Å²) in [5.41, 5.74) is 0.292. The van der Waals surface area contributed by atoms with Gasteiger partial charge in [-0.25, -0.2) is 13.4 Å². The molecule has 0 saturated carbocycles. The van der Waals surface area contributed by atoms with Crippen LogP contribution in [0.25, 0.3) is 10.8 Å². The zero-order valence-electron chi connectivity index (χ0n) is 16.6. The van der Waals surface area contributed by atoms with E-state index in [9.17, 15) is 18.3 Å². The molecule has 31 heavy (non-hydrogen) atoms. The maximum Gasteiger partial charge on any atom is 0.305 e. The molecule has 0 bridgehead atoms. The smallest absolute Gasteiger partial charge is 0.305 e. The molecule has 3 rings (SSSR count). The fraction of sp³-hybridized carbons (Fsp3) is 0.182. The van der Waals surface area contributed by atoms with Gasteiger partial charge >= 0.3 is 5.97 Å². The molecule has 160 valence electrons. The van der Waals surface area contributed by atoms with Gasteiger partial charge in [-0.2, -0.15) is 0 Å². The lowest BCUT2D eigenvalue weighted by atomic mass is 10.1. The van der Waals surface area contributed by atoms with Gasteiger partial charge < -0.3 is 10.0 Å². The summed E-state index contributed by atoms with van der Waals surface area (Å²) in [6.45, 7) is 1.90. The standard InChI is InChI=1S/C22H20ClN3O4S/c1-3-12-26(15(2)13-21(27)28)22-19-7-5-4-6-18(19)20(14-24-22)25-31(29,30)17-10-8-16(23)9-11-17/h1,4-11,14-15,25H,12-13H2,2H3,(H,27,28)/t15-/m0/s1. The number of aromatic nitrogens is 1. The van der Waals surface area contributed by atoms with Crippen molar-refractivity contribution in [3.05, 3.63) is 59.8 Å². The first-order valence-electron chi connectivity index (χ1n) is 9.31. The van der Waals surface area contributed by atoms with E-state index in [1.54, 1.807) is 36.1 Å². The van der Waals surface area contributed by atoms with Crippen molar-refractivity contribution in [2.24, 2.45) is 0 Å². The molecule has 9 heteroatoms. The number of nitrogens with one attached hydrogen (secondary N) is 1. The molecule has 0 radical (unpaired) electrons. The number of aliphatic carboxylic acids is 1. The third kappa shape index (κ3) is 5.08. The van der Waals surface area contributed by atoms with Crippen LogP contribution in [0.15, 0.2) is 59.6 Å². The second kappa shape index (κ2) is 9.25. The number of pyridine rings is 1. The van der Waals surface area contributed by atoms with Crippen molar-refractivity contribution >= 4 is 49.9 Å². The predicted octanol–water partition coefficient (Wildman–Crippen LogP) is 3.99. The summed E-state index contributed by atoms with van der Waals surface area (Å²) in [4.78, 5) is 17.4. The van der Waals surface area contributed by atoms with Gasteiger partial charge in [0.1, 0.15) is 5.82 Å². The van der Waals surface area contributed by atoms with Crippen molar-refractivity contribution in [3.8, 4) is 12.3 Å². The van der Waals surface area contributed by atoms with Crippen molar-refractivity contribution in [2.75, 3.05) is 16.2 Å². The number of carbonyl (C=O) groups is 1. The number of terminal acetylenes is 1. The lowest BCUT2D eigenvalue weighted by Crippen LogP contribution is -2.36. The van der Waals surface area contributed by atoms with E-state index in [-0.39, 0.29) is 17.9 Å². The summed E-state index contributed by atoms with van der Waals surface area (Å²) < 4.78 is 28.2. The molecule has 0 aliphatic carbocycles. The van der Waals surface area contributed by atoms with E-state index in [1.807, 2.05) is 0 Å². The number of fused-ring (bicyclic) bond motifs is 1. The number of rotatable bonds is 8. The summed E-state index contributed by atoms with van der Waals surface area (Å²) in [5.74, 6) is 2.07. The molecule has 1 atom stereocenters. The SMILES string of the molecule is C#CCN(c1ncc(NS(=O)(=O)c2ccc(Cl)cc2)c2ccccc12)[C@@H](C)CC(=O)O. The molecule has 3 aromatic rings. The topological polar surface area (TPSA) is 99.6 Å². The Kier molecular flexibility index (Phi) is 6.68. The first-order valence-corrected chi connectivity index (χ1v) is 11.2. The lowest BCUT2D eigenvalue weighted by molar-refractivity contribution is -0.137. The first-order chi connectivity index (χ1) is 14.7. The maximum atomic E-state index is 12.8. The molecule has 0 aliphatic heterocycles. The highest BCUT2D eigenvalue weighted by Crippen LogP contribution is 2.32. The van der Waals surface area contributed by atoms with Gasteiger partial charge in [-0.1, -0.05) is 41.8 Å². The van der Waals surface area contributed by atoms with Crippen LogP contribution in [0.3, 0.4) is 0 Å². The van der Waals surface area contributed by atoms with Gasteiger partial charge in [0.15, 0.2) is 0 Å². The van der Waals surface area contributed by atoms with E-state index in [4.69, 9.17) is 18.0 Å². The normalized spacial score (nSPS) is 12.2. The number of sulfonamides is 1. The Labute approximate surface area is 185 Å². The fourth-order valence-corrected chi connectivity index (χ4v) is 4.40. The molecule has 0 unspecified atom stereocenters. The van der Waals surface area contributed by atoms with Gasteiger partial charge in [-0.05, 0) is 31.2 Å². The van der Waals surface area contributed by atoms with Crippen molar-refractivity contribution < 1.29 is 18.3 Å². The molecular weight excluding hydrogens is 438 g/mol. The van der Waals surface area contributed by atoms with Gasteiger partial charge in [-0.15, -0.1) is 6.42 Å². The molecule has 0 saturated heterocycles. The number of carboxylic acid groups (broad SMARTS) is 1. The van der Waals surface area contributed by atoms with Crippen LogP contribution in [-0.4, -0.2) is 37.1 Å². The van der Waals surface area contributed by atoms with Crippen LogP contribution in [0.1, 0.15) is 13.3 Å². The number of benzene rings is 2. The van der Waals surface area contributed by atoms with E-state index in [1.165, 1.54) is 30.5 Å². The van der Waals surface area contributed by atoms with Crippen molar-refractivity contribution in [1.82, 2.24) is 4.98 Å². The van der Waals surface area contributed by atoms with Crippen LogP contribution >= 0.6 is 11.6 Å². The van der Waals surface area contributed by atoms with E-state index >= 15 is 0 Å². The van der Waals surface area contributed by atoms with Crippen molar-refractivity contribution in [1.29, 1.82) is 0 Å². The molecule has 1 heterocycles. The highest BCUT2D eigenvalue weighted by Gasteiger charge is 2.22. The van der Waals surface area contributed by atoms with Crippen LogP contribution in [0, 0.1) is 12.3 Å². The van der Waals surface area contributed by atoms with E-state index < -0.39 is 22.0 Å². The van der Waals surface area contributed by atoms with Crippen LogP contribution in [0.5, 0.6) is 0 Å². The summed E-state index contributed by atoms with van der Waals surface area (Å²) in [6, 6.07) is 12.5. The molecule has 0 amide bonds. The van der Waals surface area contributed by atoms with Crippen LogP contribution in [0.2, 0.25) is 5.02 Å². The first kappa shape index (κ1) is 22.4. The van der Waals surface area contributed by atoms with Gasteiger partial charge in [0.05, 0.1) is 29.7 Å². The van der Waals surface area contributed by atoms with E-state index in [2.05, 4.69) is 15.6 Å². The highest BCUT2D eigenvalue weighted by molar-refractivity contribution is 7.92. The number of nitrogens with zero attached hydrogens (tertiary/aromatic N) is 2. The second-order valence-corrected chi connectivity index (χ2v) is 9.00. The second-order valence-electron chi connectivity index (χ2n) is 6.88. The Morgan fingerprint density at radius 3 is 2.48 bits per heavy atom. The summed E-state index contributed by atoms with van der Waals surface area (Å²) >= 11 is 5.85.